The van der Waals surface area contributed by atoms with Crippen LogP contribution in [0.3, 0.4) is 0 Å². The Morgan fingerprint density at radius 3 is 1.67 bits per heavy atom. The van der Waals surface area contributed by atoms with Crippen LogP contribution in [0.25, 0.3) is 0 Å². The maximum atomic E-state index is 12.5. The molecule has 1 heterocycles. The van der Waals surface area contributed by atoms with Gasteiger partial charge in [-0.05, 0) is 61.4 Å². The van der Waals surface area contributed by atoms with Crippen molar-refractivity contribution < 1.29 is 22.8 Å². The summed E-state index contributed by atoms with van der Waals surface area (Å²) in [5.74, 6) is -1.86. The van der Waals surface area contributed by atoms with Crippen molar-refractivity contribution in [2.75, 3.05) is 28.6 Å². The fourth-order valence-corrected chi connectivity index (χ4v) is 2.85. The second-order valence-corrected chi connectivity index (χ2v) is 6.22. The number of halogens is 3. The zero-order valence-electron chi connectivity index (χ0n) is 14.3. The van der Waals surface area contributed by atoms with Gasteiger partial charge in [0.15, 0.2) is 0 Å². The molecule has 5 nitrogen and oxygen atoms in total. The summed E-state index contributed by atoms with van der Waals surface area (Å²) in [7, 11) is 0. The maximum absolute atomic E-state index is 12.5. The molecule has 27 heavy (non-hydrogen) atoms. The summed E-state index contributed by atoms with van der Waals surface area (Å²) < 4.78 is 37.6. The molecular formula is C19H18F3N3O2. The normalized spacial score (nSPS) is 14.1. The minimum absolute atomic E-state index is 0.104. The lowest BCUT2D eigenvalue weighted by molar-refractivity contribution is -0.137. The van der Waals surface area contributed by atoms with Crippen LogP contribution >= 0.6 is 0 Å². The molecular weight excluding hydrogens is 359 g/mol. The van der Waals surface area contributed by atoms with Crippen molar-refractivity contribution in [3.63, 3.8) is 0 Å². The number of hydrogen-bond donors (Lipinski definition) is 2. The van der Waals surface area contributed by atoms with Crippen LogP contribution in [0.15, 0.2) is 48.5 Å². The van der Waals surface area contributed by atoms with Gasteiger partial charge in [0.05, 0.1) is 5.56 Å². The number of amides is 2. The van der Waals surface area contributed by atoms with Crippen molar-refractivity contribution in [3.05, 3.63) is 54.1 Å². The van der Waals surface area contributed by atoms with E-state index in [2.05, 4.69) is 15.5 Å². The molecule has 0 radical (unpaired) electrons. The smallest absolute Gasteiger partial charge is 0.372 e. The highest BCUT2D eigenvalue weighted by Gasteiger charge is 2.30. The van der Waals surface area contributed by atoms with Crippen molar-refractivity contribution in [3.8, 4) is 0 Å². The minimum Gasteiger partial charge on any atom is -0.372 e. The zero-order chi connectivity index (χ0) is 19.4. The van der Waals surface area contributed by atoms with E-state index in [0.717, 1.165) is 55.9 Å². The van der Waals surface area contributed by atoms with Gasteiger partial charge in [0.25, 0.3) is 0 Å². The van der Waals surface area contributed by atoms with Gasteiger partial charge in [0.2, 0.25) is 0 Å². The fraction of sp³-hybridized carbons (Fsp3) is 0.263. The largest absolute Gasteiger partial charge is 0.416 e. The summed E-state index contributed by atoms with van der Waals surface area (Å²) in [5.41, 5.74) is 0.792. The monoisotopic (exact) mass is 377 g/mol. The van der Waals surface area contributed by atoms with E-state index >= 15 is 0 Å². The van der Waals surface area contributed by atoms with Gasteiger partial charge in [-0.3, -0.25) is 9.59 Å². The van der Waals surface area contributed by atoms with E-state index in [0.29, 0.717) is 5.69 Å². The van der Waals surface area contributed by atoms with E-state index in [1.54, 1.807) is 12.1 Å². The molecule has 2 aromatic carbocycles. The standard InChI is InChI=1S/C19H18F3N3O2/c20-19(21,22)13-3-5-14(6-4-13)23-17(26)18(27)24-15-7-9-16(10-8-15)25-11-1-2-12-25/h3-10H,1-2,11-12H2,(H,23,26)(H,24,27). The number of rotatable bonds is 3. The molecule has 0 unspecified atom stereocenters. The summed E-state index contributed by atoms with van der Waals surface area (Å²) in [5, 5.41) is 4.74. The molecule has 2 amide bonds. The highest BCUT2D eigenvalue weighted by atomic mass is 19.4. The lowest BCUT2D eigenvalue weighted by atomic mass is 10.2. The van der Waals surface area contributed by atoms with Crippen molar-refractivity contribution in [2.45, 2.75) is 19.0 Å². The van der Waals surface area contributed by atoms with Crippen LogP contribution < -0.4 is 15.5 Å². The fourth-order valence-electron chi connectivity index (χ4n) is 2.85. The molecule has 0 aliphatic carbocycles. The lowest BCUT2D eigenvalue weighted by Gasteiger charge is -2.17. The number of nitrogens with one attached hydrogen (secondary N) is 2. The third-order valence-electron chi connectivity index (χ3n) is 4.27. The quantitative estimate of drug-likeness (QED) is 0.798. The Balaban J connectivity index is 1.56. The van der Waals surface area contributed by atoms with Gasteiger partial charge < -0.3 is 15.5 Å². The van der Waals surface area contributed by atoms with Gasteiger partial charge in [-0.25, -0.2) is 0 Å². The van der Waals surface area contributed by atoms with Crippen LogP contribution in [0, 0.1) is 0 Å². The summed E-state index contributed by atoms with van der Waals surface area (Å²) in [6.07, 6.45) is -2.15. The van der Waals surface area contributed by atoms with E-state index < -0.39 is 23.6 Å². The van der Waals surface area contributed by atoms with Crippen LogP contribution in [0.1, 0.15) is 18.4 Å². The average Bonchev–Trinajstić information content (AvgIpc) is 3.16. The molecule has 0 saturated carbocycles. The Bertz CT molecular complexity index is 812. The Morgan fingerprint density at radius 1 is 0.778 bits per heavy atom. The van der Waals surface area contributed by atoms with Gasteiger partial charge in [-0.2, -0.15) is 13.2 Å². The van der Waals surface area contributed by atoms with Crippen molar-refractivity contribution >= 4 is 28.9 Å². The predicted molar refractivity (Wildman–Crippen MR) is 96.6 cm³/mol. The molecule has 1 aliphatic heterocycles. The van der Waals surface area contributed by atoms with Gasteiger partial charge in [-0.15, -0.1) is 0 Å². The van der Waals surface area contributed by atoms with Crippen molar-refractivity contribution in [1.29, 1.82) is 0 Å². The number of benzene rings is 2. The zero-order valence-corrected chi connectivity index (χ0v) is 14.3. The molecule has 1 saturated heterocycles. The Hall–Kier alpha value is -3.03. The SMILES string of the molecule is O=C(Nc1ccc(N2CCCC2)cc1)C(=O)Nc1ccc(C(F)(F)F)cc1. The van der Waals surface area contributed by atoms with Crippen molar-refractivity contribution in [1.82, 2.24) is 0 Å². The van der Waals surface area contributed by atoms with E-state index in [1.165, 1.54) is 0 Å². The summed E-state index contributed by atoms with van der Waals surface area (Å²) >= 11 is 0. The Kier molecular flexibility index (Phi) is 5.34. The second kappa shape index (κ2) is 7.69. The maximum Gasteiger partial charge on any atom is 0.416 e. The number of hydrogen-bond acceptors (Lipinski definition) is 3. The van der Waals surface area contributed by atoms with Gasteiger partial charge in [0, 0.05) is 30.2 Å². The van der Waals surface area contributed by atoms with Crippen LogP contribution in [-0.2, 0) is 15.8 Å². The second-order valence-electron chi connectivity index (χ2n) is 6.22. The highest BCUT2D eigenvalue weighted by molar-refractivity contribution is 6.43. The summed E-state index contributed by atoms with van der Waals surface area (Å²) in [6.45, 7) is 2.00. The molecule has 8 heteroatoms. The first-order valence-electron chi connectivity index (χ1n) is 8.47. The topological polar surface area (TPSA) is 61.4 Å². The Labute approximate surface area is 154 Å². The molecule has 0 bridgehead atoms. The van der Waals surface area contributed by atoms with Crippen LogP contribution in [0.2, 0.25) is 0 Å². The van der Waals surface area contributed by atoms with Gasteiger partial charge in [0.1, 0.15) is 0 Å². The number of alkyl halides is 3. The first-order chi connectivity index (χ1) is 12.8. The van der Waals surface area contributed by atoms with E-state index in [-0.39, 0.29) is 5.69 Å². The molecule has 1 aliphatic rings. The molecule has 0 aromatic heterocycles. The number of nitrogens with zero attached hydrogens (tertiary/aromatic N) is 1. The number of carbonyl (C=O) groups is 2. The first kappa shape index (κ1) is 18.8. The minimum atomic E-state index is -4.46. The Morgan fingerprint density at radius 2 is 1.22 bits per heavy atom. The number of anilines is 3. The van der Waals surface area contributed by atoms with Crippen LogP contribution in [0.5, 0.6) is 0 Å². The van der Waals surface area contributed by atoms with Crippen LogP contribution in [-0.4, -0.2) is 24.9 Å². The van der Waals surface area contributed by atoms with E-state index in [9.17, 15) is 22.8 Å². The van der Waals surface area contributed by atoms with Crippen molar-refractivity contribution in [2.24, 2.45) is 0 Å². The molecule has 0 spiro atoms. The highest BCUT2D eigenvalue weighted by Crippen LogP contribution is 2.29. The van der Waals surface area contributed by atoms with E-state index in [1.807, 2.05) is 12.1 Å². The number of carbonyl (C=O) groups excluding carboxylic acids is 2. The average molecular weight is 377 g/mol. The van der Waals surface area contributed by atoms with Gasteiger partial charge in [-0.1, -0.05) is 0 Å². The third-order valence-corrected chi connectivity index (χ3v) is 4.27. The van der Waals surface area contributed by atoms with E-state index in [4.69, 9.17) is 0 Å². The summed E-state index contributed by atoms with van der Waals surface area (Å²) in [4.78, 5) is 26.1. The molecule has 142 valence electrons. The third kappa shape index (κ3) is 4.78. The van der Waals surface area contributed by atoms with Gasteiger partial charge >= 0.3 is 18.0 Å². The lowest BCUT2D eigenvalue weighted by Crippen LogP contribution is -2.29. The molecule has 0 atom stereocenters. The molecule has 2 N–H and O–H groups in total. The van der Waals surface area contributed by atoms with Crippen LogP contribution in [0.4, 0.5) is 30.2 Å². The molecule has 1 fully saturated rings. The molecule has 3 rings (SSSR count). The molecule has 2 aromatic rings. The first-order valence-corrected chi connectivity index (χ1v) is 8.47. The predicted octanol–water partition coefficient (Wildman–Crippen LogP) is 3.88. The summed E-state index contributed by atoms with van der Waals surface area (Å²) in [6, 6.07) is 11.0.